The van der Waals surface area contributed by atoms with Crippen molar-refractivity contribution in [1.29, 1.82) is 5.26 Å². The molecule has 25 heavy (non-hydrogen) atoms. The molecule has 1 unspecified atom stereocenters. The number of nitrogens with zero attached hydrogens (tertiary/aromatic N) is 2. The quantitative estimate of drug-likeness (QED) is 0.471. The molecule has 1 spiro atoms. The zero-order chi connectivity index (χ0) is 17.6. The van der Waals surface area contributed by atoms with Gasteiger partial charge in [-0.05, 0) is 28.1 Å². The molecule has 8 heteroatoms. The van der Waals surface area contributed by atoms with Crippen molar-refractivity contribution in [2.45, 2.75) is 17.0 Å². The van der Waals surface area contributed by atoms with Crippen LogP contribution in [-0.4, -0.2) is 18.2 Å². The number of fused-ring (bicyclic) bond motifs is 2. The third-order valence-corrected chi connectivity index (χ3v) is 5.54. The van der Waals surface area contributed by atoms with E-state index in [1.165, 1.54) is 12.1 Å². The first-order valence-corrected chi connectivity index (χ1v) is 9.23. The van der Waals surface area contributed by atoms with Crippen LogP contribution in [0.1, 0.15) is 27.9 Å². The Hall–Kier alpha value is -1.53. The average Bonchev–Trinajstić information content (AvgIpc) is 3.15. The van der Waals surface area contributed by atoms with Gasteiger partial charge in [0.05, 0.1) is 36.6 Å². The van der Waals surface area contributed by atoms with Gasteiger partial charge in [-0.3, -0.25) is 0 Å². The summed E-state index contributed by atoms with van der Waals surface area (Å²) in [5, 5.41) is 8.99. The van der Waals surface area contributed by atoms with Crippen molar-refractivity contribution in [3.05, 3.63) is 51.5 Å². The van der Waals surface area contributed by atoms with Crippen molar-refractivity contribution in [3.8, 4) is 17.6 Å². The fourth-order valence-electron chi connectivity index (χ4n) is 3.21. The number of halogens is 3. The molecule has 2 heterocycles. The zero-order valence-electron chi connectivity index (χ0n) is 12.8. The summed E-state index contributed by atoms with van der Waals surface area (Å²) >= 11 is 7.11. The van der Waals surface area contributed by atoms with Crippen LogP contribution in [0.2, 0.25) is 0 Å². The number of ether oxygens (including phenoxy) is 3. The summed E-state index contributed by atoms with van der Waals surface area (Å²) in [6.07, 6.45) is 2.14. The fraction of sp³-hybridized carbons (Fsp3) is 0.294. The summed E-state index contributed by atoms with van der Waals surface area (Å²) in [5.74, 6) is -0.693. The van der Waals surface area contributed by atoms with Crippen LogP contribution in [0.5, 0.6) is 11.5 Å². The minimum atomic E-state index is -0.853. The Morgan fingerprint density at radius 2 is 2.08 bits per heavy atom. The number of hydrogen-bond acceptors (Lipinski definition) is 5. The Morgan fingerprint density at radius 1 is 1.32 bits per heavy atom. The lowest BCUT2D eigenvalue weighted by atomic mass is 10.1. The molecule has 4 rings (SSSR count). The summed E-state index contributed by atoms with van der Waals surface area (Å²) in [7, 11) is 0. The van der Waals surface area contributed by atoms with Crippen LogP contribution in [-0.2, 0) is 15.3 Å². The maximum absolute atomic E-state index is 13.7. The van der Waals surface area contributed by atoms with Gasteiger partial charge in [-0.1, -0.05) is 15.9 Å². The van der Waals surface area contributed by atoms with Gasteiger partial charge in [-0.2, -0.15) is 5.26 Å². The number of nitriles is 1. The highest BCUT2D eigenvalue weighted by Crippen LogP contribution is 2.56. The van der Waals surface area contributed by atoms with E-state index in [9.17, 15) is 4.39 Å². The van der Waals surface area contributed by atoms with Gasteiger partial charge in [0.15, 0.2) is 11.5 Å². The van der Waals surface area contributed by atoms with Crippen molar-refractivity contribution >= 4 is 31.9 Å². The monoisotopic (exact) mass is 468 g/mol. The smallest absolute Gasteiger partial charge is 0.199 e. The number of alkyl halides is 1. The molecular formula is C17H11Br2FN2O3. The van der Waals surface area contributed by atoms with Crippen LogP contribution in [0.15, 0.2) is 29.0 Å². The molecule has 1 aliphatic carbocycles. The van der Waals surface area contributed by atoms with Gasteiger partial charge in [-0.15, -0.1) is 0 Å². The second-order valence-electron chi connectivity index (χ2n) is 5.71. The lowest BCUT2D eigenvalue weighted by molar-refractivity contribution is -0.163. The van der Waals surface area contributed by atoms with E-state index in [1.54, 1.807) is 6.20 Å². The molecule has 0 radical (unpaired) electrons. The summed E-state index contributed by atoms with van der Waals surface area (Å²) in [6, 6.07) is 5.77. The second-order valence-corrected chi connectivity index (χ2v) is 7.57. The topological polar surface area (TPSA) is 64.4 Å². The van der Waals surface area contributed by atoms with Crippen molar-refractivity contribution < 1.29 is 18.6 Å². The van der Waals surface area contributed by atoms with E-state index in [-0.39, 0.29) is 16.1 Å². The highest BCUT2D eigenvalue weighted by atomic mass is 79.9. The number of benzene rings is 1. The van der Waals surface area contributed by atoms with Crippen molar-refractivity contribution in [2.24, 2.45) is 0 Å². The predicted octanol–water partition coefficient (Wildman–Crippen LogP) is 4.69. The van der Waals surface area contributed by atoms with Gasteiger partial charge in [0, 0.05) is 22.9 Å². The van der Waals surface area contributed by atoms with E-state index in [0.717, 1.165) is 17.2 Å². The number of aromatic nitrogens is 1. The van der Waals surface area contributed by atoms with Crippen LogP contribution in [0, 0.1) is 17.1 Å². The Balaban J connectivity index is 1.79. The third kappa shape index (κ3) is 2.85. The highest BCUT2D eigenvalue weighted by molar-refractivity contribution is 9.10. The van der Waals surface area contributed by atoms with Gasteiger partial charge in [0.2, 0.25) is 0 Å². The molecule has 2 aliphatic rings. The van der Waals surface area contributed by atoms with Crippen LogP contribution >= 0.6 is 31.9 Å². The normalized spacial score (nSPS) is 20.5. The molecule has 1 atom stereocenters. The standard InChI is InChI=1S/C17H11Br2FN2O3/c18-12-6-17(23-1-2-24-17)15-14(12)13(8-22-16(15)19)25-11-4-9(7-21)3-10(20)5-11/h3-5,8,12H,1-2,6H2. The Morgan fingerprint density at radius 3 is 2.80 bits per heavy atom. The van der Waals surface area contributed by atoms with Gasteiger partial charge in [0.25, 0.3) is 0 Å². The van der Waals surface area contributed by atoms with Crippen molar-refractivity contribution in [3.63, 3.8) is 0 Å². The maximum Gasteiger partial charge on any atom is 0.199 e. The molecule has 0 amide bonds. The molecule has 2 aromatic rings. The largest absolute Gasteiger partial charge is 0.455 e. The van der Waals surface area contributed by atoms with Crippen LogP contribution in [0.4, 0.5) is 4.39 Å². The summed E-state index contributed by atoms with van der Waals surface area (Å²) < 4.78 is 31.9. The lowest BCUT2D eigenvalue weighted by Crippen LogP contribution is -2.24. The Bertz CT molecular complexity index is 894. The van der Waals surface area contributed by atoms with E-state index < -0.39 is 11.6 Å². The molecule has 1 aliphatic heterocycles. The molecule has 0 N–H and O–H groups in total. The van der Waals surface area contributed by atoms with Gasteiger partial charge in [-0.25, -0.2) is 9.37 Å². The fourth-order valence-corrected chi connectivity index (χ4v) is 4.71. The van der Waals surface area contributed by atoms with Crippen LogP contribution in [0.3, 0.4) is 0 Å². The number of rotatable bonds is 2. The molecule has 1 aromatic carbocycles. The number of hydrogen-bond donors (Lipinski definition) is 0. The van der Waals surface area contributed by atoms with Crippen molar-refractivity contribution in [2.75, 3.05) is 13.2 Å². The Kier molecular flexibility index (Phi) is 4.28. The van der Waals surface area contributed by atoms with Gasteiger partial charge < -0.3 is 14.2 Å². The van der Waals surface area contributed by atoms with E-state index in [4.69, 9.17) is 19.5 Å². The first-order chi connectivity index (χ1) is 12.0. The maximum atomic E-state index is 13.7. The minimum absolute atomic E-state index is 0.0705. The second kappa shape index (κ2) is 6.32. The molecule has 1 aromatic heterocycles. The predicted molar refractivity (Wildman–Crippen MR) is 93.0 cm³/mol. The highest BCUT2D eigenvalue weighted by Gasteiger charge is 2.51. The van der Waals surface area contributed by atoms with Crippen LogP contribution < -0.4 is 4.74 Å². The number of pyridine rings is 1. The van der Waals surface area contributed by atoms with Gasteiger partial charge in [0.1, 0.15) is 16.2 Å². The van der Waals surface area contributed by atoms with E-state index >= 15 is 0 Å². The zero-order valence-corrected chi connectivity index (χ0v) is 15.9. The average molecular weight is 470 g/mol. The molecular weight excluding hydrogens is 459 g/mol. The third-order valence-electron chi connectivity index (χ3n) is 4.16. The summed E-state index contributed by atoms with van der Waals surface area (Å²) in [6.45, 7) is 1.01. The molecule has 1 fully saturated rings. The molecule has 1 saturated heterocycles. The molecule has 0 saturated carbocycles. The summed E-state index contributed by atoms with van der Waals surface area (Å²) in [4.78, 5) is 4.25. The molecule has 128 valence electrons. The van der Waals surface area contributed by atoms with E-state index in [0.29, 0.717) is 30.0 Å². The first kappa shape index (κ1) is 16.9. The van der Waals surface area contributed by atoms with E-state index in [2.05, 4.69) is 36.8 Å². The van der Waals surface area contributed by atoms with Gasteiger partial charge >= 0.3 is 0 Å². The minimum Gasteiger partial charge on any atom is -0.455 e. The molecule has 0 bridgehead atoms. The lowest BCUT2D eigenvalue weighted by Gasteiger charge is -2.23. The molecule has 5 nitrogen and oxygen atoms in total. The SMILES string of the molecule is N#Cc1cc(F)cc(Oc2cnc(Br)c3c2C(Br)CC32OCCO2)c1. The Labute approximate surface area is 160 Å². The van der Waals surface area contributed by atoms with Crippen molar-refractivity contribution in [1.82, 2.24) is 4.98 Å². The van der Waals surface area contributed by atoms with E-state index in [1.807, 2.05) is 6.07 Å². The summed E-state index contributed by atoms with van der Waals surface area (Å²) in [5.41, 5.74) is 1.80. The van der Waals surface area contributed by atoms with Crippen LogP contribution in [0.25, 0.3) is 0 Å². The first-order valence-electron chi connectivity index (χ1n) is 7.52.